The van der Waals surface area contributed by atoms with Gasteiger partial charge in [0.15, 0.2) is 25.0 Å². The van der Waals surface area contributed by atoms with Crippen LogP contribution < -0.4 is 4.74 Å². The lowest BCUT2D eigenvalue weighted by Gasteiger charge is -2.50. The van der Waals surface area contributed by atoms with E-state index in [9.17, 15) is 4.79 Å². The minimum absolute atomic E-state index is 0.279. The van der Waals surface area contributed by atoms with Crippen LogP contribution in [0.25, 0.3) is 11.1 Å². The van der Waals surface area contributed by atoms with E-state index in [2.05, 4.69) is 58.9 Å². The average Bonchev–Trinajstić information content (AvgIpc) is 2.90. The number of carbonyl (C=O) groups excluding carboxylic acids is 1. The molecule has 0 spiro atoms. The van der Waals surface area contributed by atoms with Crippen molar-refractivity contribution >= 4 is 42.5 Å². The Morgan fingerprint density at radius 2 is 1.36 bits per heavy atom. The molecule has 2 aromatic rings. The summed E-state index contributed by atoms with van der Waals surface area (Å²) >= 11 is 6.77. The molecule has 1 aliphatic rings. The first-order valence-corrected chi connectivity index (χ1v) is 26.3. The fourth-order valence-corrected chi connectivity index (χ4v) is 8.47. The van der Waals surface area contributed by atoms with Gasteiger partial charge in [0, 0.05) is 10.6 Å². The van der Waals surface area contributed by atoms with E-state index in [-0.39, 0.29) is 11.9 Å². The highest BCUT2D eigenvalue weighted by Crippen LogP contribution is 2.42. The lowest BCUT2D eigenvalue weighted by Crippen LogP contribution is -2.63. The predicted molar refractivity (Wildman–Crippen MR) is 186 cm³/mol. The molecule has 1 saturated heterocycles. The van der Waals surface area contributed by atoms with Crippen LogP contribution in [0.5, 0.6) is 5.75 Å². The number of carbonyl (C=O) groups is 1. The van der Waals surface area contributed by atoms with E-state index in [1.807, 2.05) is 63.2 Å². The van der Waals surface area contributed by atoms with Crippen LogP contribution in [0.3, 0.4) is 0 Å². The molecule has 0 aromatic heterocycles. The van der Waals surface area contributed by atoms with Crippen molar-refractivity contribution in [3.05, 3.63) is 53.1 Å². The van der Waals surface area contributed by atoms with Crippen LogP contribution in [0.4, 0.5) is 0 Å². The lowest BCUT2D eigenvalue weighted by molar-refractivity contribution is -0.282. The Bertz CT molecular complexity index is 1240. The van der Waals surface area contributed by atoms with Crippen LogP contribution in [0.1, 0.15) is 38.9 Å². The largest absolute Gasteiger partial charge is 0.494 e. The predicted octanol–water partition coefficient (Wildman–Crippen LogP) is 9.05. The Hall–Kier alpha value is -1.51. The number of esters is 1. The quantitative estimate of drug-likeness (QED) is 0.154. The van der Waals surface area contributed by atoms with Crippen LogP contribution in [0.15, 0.2) is 42.5 Å². The van der Waals surface area contributed by atoms with Crippen molar-refractivity contribution in [1.82, 2.24) is 0 Å². The highest BCUT2D eigenvalue weighted by molar-refractivity contribution is 6.70. The normalized spacial score (nSPS) is 23.7. The Labute approximate surface area is 273 Å². The van der Waals surface area contributed by atoms with Crippen LogP contribution in [0.2, 0.25) is 63.9 Å². The van der Waals surface area contributed by atoms with Gasteiger partial charge in [-0.1, -0.05) is 43.6 Å². The van der Waals surface area contributed by atoms with Gasteiger partial charge in [0.2, 0.25) is 6.29 Å². The van der Waals surface area contributed by atoms with Crippen molar-refractivity contribution in [2.45, 2.75) is 117 Å². The minimum atomic E-state index is -2.16. The summed E-state index contributed by atoms with van der Waals surface area (Å²) in [5.41, 5.74) is 2.67. The molecular formula is C33H53ClO7Si3. The van der Waals surface area contributed by atoms with Crippen molar-refractivity contribution in [2.75, 3.05) is 6.61 Å². The zero-order chi connectivity index (χ0) is 33.0. The zero-order valence-electron chi connectivity index (χ0n) is 28.7. The van der Waals surface area contributed by atoms with Gasteiger partial charge in [-0.05, 0) is 108 Å². The highest BCUT2D eigenvalue weighted by atomic mass is 35.5. The molecule has 1 fully saturated rings. The molecule has 1 aliphatic heterocycles. The van der Waals surface area contributed by atoms with Gasteiger partial charge in [0.05, 0.1) is 12.5 Å². The summed E-state index contributed by atoms with van der Waals surface area (Å²) in [5, 5.41) is 0.617. The van der Waals surface area contributed by atoms with E-state index < -0.39 is 55.7 Å². The Balaban J connectivity index is 2.19. The lowest BCUT2D eigenvalue weighted by atomic mass is 9.92. The third-order valence-electron chi connectivity index (χ3n) is 7.01. The molecule has 1 unspecified atom stereocenters. The highest BCUT2D eigenvalue weighted by Gasteiger charge is 2.53. The molecule has 6 atom stereocenters. The monoisotopic (exact) mass is 680 g/mol. The van der Waals surface area contributed by atoms with Gasteiger partial charge < -0.3 is 27.5 Å². The summed E-state index contributed by atoms with van der Waals surface area (Å²) in [4.78, 5) is 13.2. The zero-order valence-corrected chi connectivity index (χ0v) is 32.4. The number of halogens is 1. The molecule has 11 heteroatoms. The van der Waals surface area contributed by atoms with Crippen molar-refractivity contribution in [3.8, 4) is 16.9 Å². The third-order valence-corrected chi connectivity index (χ3v) is 10.3. The Morgan fingerprint density at radius 1 is 0.818 bits per heavy atom. The summed E-state index contributed by atoms with van der Waals surface area (Å²) in [6.07, 6.45) is -2.57. The fraction of sp³-hybridized carbons (Fsp3) is 0.606. The summed E-state index contributed by atoms with van der Waals surface area (Å²) in [6, 6.07) is 13.8. The van der Waals surface area contributed by atoms with Gasteiger partial charge in [-0.2, -0.15) is 0 Å². The van der Waals surface area contributed by atoms with E-state index in [1.54, 1.807) is 0 Å². The number of hydrogen-bond acceptors (Lipinski definition) is 7. The molecule has 0 amide bonds. The molecule has 3 rings (SSSR count). The van der Waals surface area contributed by atoms with Gasteiger partial charge in [-0.3, -0.25) is 4.79 Å². The number of rotatable bonds is 13. The maximum Gasteiger partial charge on any atom is 0.311 e. The molecule has 1 heterocycles. The molecule has 0 radical (unpaired) electrons. The van der Waals surface area contributed by atoms with E-state index >= 15 is 0 Å². The van der Waals surface area contributed by atoms with Crippen molar-refractivity contribution in [3.63, 3.8) is 0 Å². The van der Waals surface area contributed by atoms with Crippen molar-refractivity contribution in [2.24, 2.45) is 5.92 Å². The topological polar surface area (TPSA) is 72.5 Å². The molecule has 246 valence electrons. The summed E-state index contributed by atoms with van der Waals surface area (Å²) in [5.74, 6) is 0.204. The van der Waals surface area contributed by atoms with Crippen LogP contribution in [-0.4, -0.2) is 62.1 Å². The van der Waals surface area contributed by atoms with E-state index in [0.29, 0.717) is 18.1 Å². The molecule has 0 N–H and O–H groups in total. The molecule has 0 saturated carbocycles. The van der Waals surface area contributed by atoms with E-state index in [4.69, 9.17) is 39.1 Å². The first kappa shape index (κ1) is 37.0. The SMILES string of the molecule is CCOc1ccc(-c2cc([C@H]3O[C@H](OC(=O)C(C)CC)[C@H](O[Si](C)(C)C)[C@H](O[Si](C)(C)C)[C@H]3O[Si](C)(C)C)ccc2Cl)cc1. The number of benzene rings is 2. The van der Waals surface area contributed by atoms with Crippen molar-refractivity contribution < 1.29 is 32.3 Å². The van der Waals surface area contributed by atoms with Gasteiger partial charge in [-0.25, -0.2) is 0 Å². The average molecular weight is 681 g/mol. The van der Waals surface area contributed by atoms with Crippen LogP contribution in [0, 0.1) is 5.92 Å². The van der Waals surface area contributed by atoms with Gasteiger partial charge in [0.1, 0.15) is 30.2 Å². The van der Waals surface area contributed by atoms with Gasteiger partial charge in [0.25, 0.3) is 0 Å². The number of ether oxygens (including phenoxy) is 3. The fourth-order valence-electron chi connectivity index (χ4n) is 5.02. The summed E-state index contributed by atoms with van der Waals surface area (Å²) in [6.45, 7) is 25.7. The van der Waals surface area contributed by atoms with Crippen LogP contribution >= 0.6 is 11.6 Å². The number of hydrogen-bond donors (Lipinski definition) is 0. The second-order valence-corrected chi connectivity index (χ2v) is 28.2. The Kier molecular flexibility index (Phi) is 12.5. The third kappa shape index (κ3) is 10.5. The standard InChI is InChI=1S/C33H53ClO7Si3/c1-13-22(3)32(35)38-33-31(41-44(10,11)12)30(40-43(7,8)9)29(39-42(4,5)6)28(37-33)24-17-20-27(34)26(21-24)23-15-18-25(19-16-23)36-14-2/h15-22,28-31,33H,13-14H2,1-12H3/t22?,28-,29+,30-,31-,33-/m1/s1. The van der Waals surface area contributed by atoms with E-state index in [1.165, 1.54) is 0 Å². The van der Waals surface area contributed by atoms with Crippen molar-refractivity contribution in [1.29, 1.82) is 0 Å². The molecule has 0 bridgehead atoms. The summed E-state index contributed by atoms with van der Waals surface area (Å²) in [7, 11) is -6.45. The maximum absolute atomic E-state index is 13.2. The maximum atomic E-state index is 13.2. The first-order valence-electron chi connectivity index (χ1n) is 15.7. The molecule has 44 heavy (non-hydrogen) atoms. The second-order valence-electron chi connectivity index (χ2n) is 14.5. The van der Waals surface area contributed by atoms with E-state index in [0.717, 1.165) is 22.4 Å². The molecule has 7 nitrogen and oxygen atoms in total. The minimum Gasteiger partial charge on any atom is -0.494 e. The van der Waals surface area contributed by atoms with Gasteiger partial charge in [-0.15, -0.1) is 0 Å². The molecule has 0 aliphatic carbocycles. The molecular weight excluding hydrogens is 628 g/mol. The Morgan fingerprint density at radius 3 is 1.89 bits per heavy atom. The molecule has 2 aromatic carbocycles. The van der Waals surface area contributed by atoms with Gasteiger partial charge >= 0.3 is 5.97 Å². The first-order chi connectivity index (χ1) is 20.3. The smallest absolute Gasteiger partial charge is 0.311 e. The summed E-state index contributed by atoms with van der Waals surface area (Å²) < 4.78 is 39.2. The van der Waals surface area contributed by atoms with Crippen LogP contribution in [-0.2, 0) is 27.5 Å². The second kappa shape index (κ2) is 14.9.